The first-order valence-electron chi connectivity index (χ1n) is 29.0. The molecule has 0 saturated carbocycles. The zero-order valence-electron chi connectivity index (χ0n) is 51.5. The van der Waals surface area contributed by atoms with Crippen LogP contribution in [0.15, 0.2) is 146 Å². The van der Waals surface area contributed by atoms with Gasteiger partial charge in [0, 0.05) is 56.8 Å². The Morgan fingerprint density at radius 1 is 0.433 bits per heavy atom. The summed E-state index contributed by atoms with van der Waals surface area (Å²) in [5.74, 6) is -3.46. The predicted octanol–water partition coefficient (Wildman–Crippen LogP) is 13.0. The van der Waals surface area contributed by atoms with Gasteiger partial charge < -0.3 is 16.0 Å². The molecule has 2 unspecified atom stereocenters. The maximum absolute atomic E-state index is 13.4. The number of carbonyl (C=O) groups excluding carboxylic acids is 3. The van der Waals surface area contributed by atoms with Crippen molar-refractivity contribution in [3.8, 4) is 31.3 Å². The van der Waals surface area contributed by atoms with Crippen LogP contribution < -0.4 is 30.1 Å². The lowest BCUT2D eigenvalue weighted by molar-refractivity contribution is -0.120. The zero-order valence-corrected chi connectivity index (χ0v) is 58.7. The lowest BCUT2D eigenvalue weighted by atomic mass is 10.1. The standard InChI is InChI=1S/3C21H20ClFN4O3S2.CH4/c3*1-12-3-5-13(6-4-12)19-11-24-21(31-19)17-10-18(27(2)32(29,30)26-17)20(28)25-14-7-8-16(23)15(22)9-14;/h3*3-9,11,17-18,26H,10H2,1-2H3,(H,25,28);1H4/t2*17-,18+;;/m10../s1. The molecule has 9 aromatic rings. The summed E-state index contributed by atoms with van der Waals surface area (Å²) < 4.78 is 127. The van der Waals surface area contributed by atoms with Crippen LogP contribution in [0, 0.1) is 38.2 Å². The van der Waals surface area contributed by atoms with Crippen LogP contribution in [0.25, 0.3) is 31.3 Å². The quantitative estimate of drug-likeness (QED) is 0.0666. The van der Waals surface area contributed by atoms with Gasteiger partial charge in [-0.1, -0.05) is 132 Å². The molecule has 3 aliphatic rings. The first kappa shape index (κ1) is 74.1. The predicted molar refractivity (Wildman–Crippen MR) is 377 cm³/mol. The van der Waals surface area contributed by atoms with Gasteiger partial charge in [-0.25, -0.2) is 28.1 Å². The van der Waals surface area contributed by atoms with Crippen molar-refractivity contribution >= 4 is 134 Å². The molecule has 33 heteroatoms. The molecule has 0 radical (unpaired) electrons. The van der Waals surface area contributed by atoms with E-state index in [9.17, 15) is 52.8 Å². The molecule has 0 bridgehead atoms. The SMILES string of the molecule is C.Cc1ccc(-c2cnc(C3CC(C(=O)Nc4ccc(F)c(Cl)c4)N(C)S(=O)(=O)N3)s2)cc1.Cc1ccc(-c2cnc([C@@H]3C[C@H](C(=O)Nc4ccc(F)c(Cl)c4)N(C)S(=O)(=O)N3)s2)cc1.Cc1ccc(-c2cnc([C@H]3C[C@@H](C(=O)Nc4ccc(F)c(Cl)c4)N(C)S(=O)(=O)N3)s2)cc1. The Bertz CT molecular complexity index is 4260. The van der Waals surface area contributed by atoms with Crippen molar-refractivity contribution in [3.05, 3.63) is 210 Å². The number of nitrogens with one attached hydrogen (secondary N) is 6. The van der Waals surface area contributed by atoms with Crippen LogP contribution in [0.5, 0.6) is 0 Å². The molecule has 3 saturated heterocycles. The molecule has 3 aromatic heterocycles. The normalized spacial score (nSPS) is 20.5. The van der Waals surface area contributed by atoms with Crippen molar-refractivity contribution in [3.63, 3.8) is 0 Å². The fourth-order valence-electron chi connectivity index (χ4n) is 10.1. The van der Waals surface area contributed by atoms with Gasteiger partial charge in [0.25, 0.3) is 30.6 Å². The largest absolute Gasteiger partial charge is 0.325 e. The van der Waals surface area contributed by atoms with E-state index in [2.05, 4.69) is 45.1 Å². The van der Waals surface area contributed by atoms with E-state index < -0.39 is 102 Å². The Hall–Kier alpha value is -7.11. The average molecular weight is 1500 g/mol. The molecule has 3 amide bonds. The third-order valence-corrected chi connectivity index (χ3v) is 24.8. The van der Waals surface area contributed by atoms with Crippen molar-refractivity contribution in [2.45, 2.75) is 83.7 Å². The number of aromatic nitrogens is 3. The maximum atomic E-state index is 13.4. The van der Waals surface area contributed by atoms with Gasteiger partial charge in [0.1, 0.15) is 50.6 Å². The second-order valence-corrected chi connectivity index (χ2v) is 32.2. The smallest absolute Gasteiger partial charge is 0.280 e. The lowest BCUT2D eigenvalue weighted by Crippen LogP contribution is -2.55. The summed E-state index contributed by atoms with van der Waals surface area (Å²) in [4.78, 5) is 54.6. The lowest BCUT2D eigenvalue weighted by Gasteiger charge is -2.35. The zero-order chi connectivity index (χ0) is 69.1. The Morgan fingerprint density at radius 2 is 0.670 bits per heavy atom. The van der Waals surface area contributed by atoms with Gasteiger partial charge in [0.2, 0.25) is 17.7 Å². The van der Waals surface area contributed by atoms with Crippen molar-refractivity contribution in [2.24, 2.45) is 0 Å². The van der Waals surface area contributed by atoms with Crippen LogP contribution in [0.4, 0.5) is 30.2 Å². The Labute approximate surface area is 587 Å². The Morgan fingerprint density at radius 3 is 0.897 bits per heavy atom. The first-order valence-corrected chi connectivity index (χ1v) is 36.9. The van der Waals surface area contributed by atoms with E-state index in [-0.39, 0.29) is 58.8 Å². The number of amides is 3. The molecule has 12 rings (SSSR count). The molecule has 3 fully saturated rings. The molecule has 6 atom stereocenters. The summed E-state index contributed by atoms with van der Waals surface area (Å²) in [6.45, 7) is 6.00. The second-order valence-electron chi connectivity index (χ2n) is 22.5. The topological polar surface area (TPSA) is 274 Å². The Balaban J connectivity index is 0.000000170. The molecular formula is C64H64Cl3F3N12O9S6. The number of hydrogen-bond acceptors (Lipinski definition) is 15. The van der Waals surface area contributed by atoms with Gasteiger partial charge in [-0.05, 0) is 111 Å². The van der Waals surface area contributed by atoms with Crippen LogP contribution >= 0.6 is 68.8 Å². The molecular weight excluding hydrogens is 1440 g/mol. The summed E-state index contributed by atoms with van der Waals surface area (Å²) in [6.07, 6.45) is 5.64. The fourth-order valence-corrected chi connectivity index (χ4v) is 17.6. The molecule has 21 nitrogen and oxygen atoms in total. The number of aryl methyl sites for hydroxylation is 3. The van der Waals surface area contributed by atoms with Crippen molar-refractivity contribution in [1.29, 1.82) is 0 Å². The molecule has 97 heavy (non-hydrogen) atoms. The van der Waals surface area contributed by atoms with Gasteiger partial charge in [-0.2, -0.15) is 52.3 Å². The molecule has 6 aromatic carbocycles. The van der Waals surface area contributed by atoms with Crippen LogP contribution in [-0.2, 0) is 45.0 Å². The number of halogens is 6. The molecule has 3 aliphatic heterocycles. The minimum atomic E-state index is -3.92. The van der Waals surface area contributed by atoms with E-state index in [0.717, 1.165) is 79.1 Å². The second kappa shape index (κ2) is 31.0. The number of hydrogen-bond donors (Lipinski definition) is 6. The van der Waals surface area contributed by atoms with E-state index in [1.54, 1.807) is 18.6 Å². The van der Waals surface area contributed by atoms with E-state index in [1.165, 1.54) is 91.6 Å². The minimum absolute atomic E-state index is 0. The Kier molecular flexibility index (Phi) is 23.7. The van der Waals surface area contributed by atoms with Crippen molar-refractivity contribution in [1.82, 2.24) is 42.0 Å². The van der Waals surface area contributed by atoms with Gasteiger partial charge in [0.15, 0.2) is 0 Å². The van der Waals surface area contributed by atoms with Crippen molar-refractivity contribution < 1.29 is 52.8 Å². The number of anilines is 3. The summed E-state index contributed by atoms with van der Waals surface area (Å²) in [6, 6.07) is 30.2. The van der Waals surface area contributed by atoms with Crippen LogP contribution in [0.1, 0.15) is 76.5 Å². The maximum Gasteiger partial charge on any atom is 0.280 e. The summed E-state index contributed by atoms with van der Waals surface area (Å²) in [5.41, 5.74) is 7.19. The molecule has 0 spiro atoms. The van der Waals surface area contributed by atoms with Gasteiger partial charge in [-0.15, -0.1) is 34.0 Å². The van der Waals surface area contributed by atoms with Gasteiger partial charge in [-0.3, -0.25) is 14.4 Å². The minimum Gasteiger partial charge on any atom is -0.325 e. The summed E-state index contributed by atoms with van der Waals surface area (Å²) in [7, 11) is -7.75. The average Bonchev–Trinajstić information content (AvgIpc) is 1.76. The molecule has 0 aliphatic carbocycles. The monoisotopic (exact) mass is 1500 g/mol. The van der Waals surface area contributed by atoms with E-state index >= 15 is 0 Å². The highest BCUT2D eigenvalue weighted by Gasteiger charge is 2.45. The highest BCUT2D eigenvalue weighted by Crippen LogP contribution is 2.39. The van der Waals surface area contributed by atoms with E-state index in [0.29, 0.717) is 15.0 Å². The van der Waals surface area contributed by atoms with Crippen LogP contribution in [0.2, 0.25) is 15.1 Å². The highest BCUT2D eigenvalue weighted by molar-refractivity contribution is 7.87. The number of rotatable bonds is 12. The van der Waals surface area contributed by atoms with E-state index in [4.69, 9.17) is 34.8 Å². The summed E-state index contributed by atoms with van der Waals surface area (Å²) in [5, 5.41) is 9.13. The van der Waals surface area contributed by atoms with Gasteiger partial charge >= 0.3 is 0 Å². The number of nitrogens with zero attached hydrogens (tertiary/aromatic N) is 6. The number of likely N-dealkylation sites (N-methyl/N-ethyl adjacent to an activating group) is 3. The first-order chi connectivity index (χ1) is 45.4. The number of thiazole rings is 3. The molecule has 6 heterocycles. The number of carbonyl (C=O) groups is 3. The van der Waals surface area contributed by atoms with Crippen molar-refractivity contribution in [2.75, 3.05) is 37.1 Å². The third-order valence-electron chi connectivity index (χ3n) is 15.6. The van der Waals surface area contributed by atoms with E-state index in [1.807, 2.05) is 93.6 Å². The third kappa shape index (κ3) is 17.9. The van der Waals surface area contributed by atoms with Crippen LogP contribution in [0.3, 0.4) is 0 Å². The summed E-state index contributed by atoms with van der Waals surface area (Å²) >= 11 is 21.4. The number of benzene rings is 6. The highest BCUT2D eigenvalue weighted by atomic mass is 35.5. The fraction of sp³-hybridized carbons (Fsp3) is 0.250. The van der Waals surface area contributed by atoms with Crippen LogP contribution in [-0.4, -0.2) is 110 Å². The molecule has 512 valence electrons. The van der Waals surface area contributed by atoms with Gasteiger partial charge in [0.05, 0.1) is 47.8 Å². The molecule has 6 N–H and O–H groups in total.